The summed E-state index contributed by atoms with van der Waals surface area (Å²) in [7, 11) is -3.82. The van der Waals surface area contributed by atoms with Gasteiger partial charge in [-0.15, -0.1) is 5.10 Å². The van der Waals surface area contributed by atoms with Crippen LogP contribution in [-0.2, 0) is 14.8 Å². The fourth-order valence-electron chi connectivity index (χ4n) is 3.51. The van der Waals surface area contributed by atoms with Gasteiger partial charge in [-0.3, -0.25) is 4.79 Å². The highest BCUT2D eigenvalue weighted by atomic mass is 35.5. The average molecular weight is 480 g/mol. The molecule has 1 aromatic carbocycles. The van der Waals surface area contributed by atoms with Crippen molar-refractivity contribution in [2.75, 3.05) is 18.4 Å². The van der Waals surface area contributed by atoms with Crippen LogP contribution in [0.3, 0.4) is 0 Å². The second kappa shape index (κ2) is 8.88. The zero-order valence-electron chi connectivity index (χ0n) is 16.9. The highest BCUT2D eigenvalue weighted by molar-refractivity contribution is 7.89. The van der Waals surface area contributed by atoms with Crippen LogP contribution >= 0.6 is 11.6 Å². The normalized spacial score (nSPS) is 15.6. The molecule has 4 rings (SSSR count). The van der Waals surface area contributed by atoms with Crippen LogP contribution in [0, 0.1) is 18.7 Å². The van der Waals surface area contributed by atoms with E-state index in [2.05, 4.69) is 25.8 Å². The molecule has 1 amide bonds. The van der Waals surface area contributed by atoms with E-state index in [4.69, 9.17) is 11.6 Å². The van der Waals surface area contributed by atoms with Gasteiger partial charge in [0, 0.05) is 25.2 Å². The summed E-state index contributed by atoms with van der Waals surface area (Å²) < 4.78 is 42.7. The van der Waals surface area contributed by atoms with Crippen LogP contribution in [0.1, 0.15) is 18.7 Å². The molecule has 1 aliphatic heterocycles. The number of hydrogen-bond donors (Lipinski definition) is 1. The molecule has 0 atom stereocenters. The first-order valence-electron chi connectivity index (χ1n) is 9.74. The number of benzene rings is 1. The maximum atomic E-state index is 14.3. The molecule has 32 heavy (non-hydrogen) atoms. The first-order valence-corrected chi connectivity index (χ1v) is 11.6. The number of sulfonamides is 1. The average Bonchev–Trinajstić information content (AvgIpc) is 3.21. The lowest BCUT2D eigenvalue weighted by atomic mass is 9.97. The van der Waals surface area contributed by atoms with Crippen molar-refractivity contribution in [1.29, 1.82) is 0 Å². The summed E-state index contributed by atoms with van der Waals surface area (Å²) >= 11 is 5.94. The second-order valence-corrected chi connectivity index (χ2v) is 9.53. The molecule has 1 N–H and O–H groups in total. The van der Waals surface area contributed by atoms with Crippen molar-refractivity contribution in [3.05, 3.63) is 53.3 Å². The minimum Gasteiger partial charge on any atom is -0.323 e. The number of aryl methyl sites for hydroxylation is 1. The Morgan fingerprint density at radius 2 is 2.00 bits per heavy atom. The van der Waals surface area contributed by atoms with Crippen LogP contribution in [0.2, 0.25) is 5.15 Å². The molecule has 3 heterocycles. The zero-order chi connectivity index (χ0) is 22.9. The molecule has 0 radical (unpaired) electrons. The van der Waals surface area contributed by atoms with Gasteiger partial charge in [-0.2, -0.15) is 8.99 Å². The van der Waals surface area contributed by atoms with E-state index in [-0.39, 0.29) is 47.6 Å². The number of nitrogens with one attached hydrogen (secondary N) is 1. The zero-order valence-corrected chi connectivity index (χ0v) is 18.5. The molecule has 3 aromatic rings. The van der Waals surface area contributed by atoms with Crippen molar-refractivity contribution in [3.63, 3.8) is 0 Å². The summed E-state index contributed by atoms with van der Waals surface area (Å²) in [5, 5.41) is 13.7. The Morgan fingerprint density at radius 1 is 1.25 bits per heavy atom. The van der Waals surface area contributed by atoms with Crippen LogP contribution < -0.4 is 5.32 Å². The van der Waals surface area contributed by atoms with E-state index in [1.165, 1.54) is 45.5 Å². The number of rotatable bonds is 5. The lowest BCUT2D eigenvalue weighted by Crippen LogP contribution is -2.41. The summed E-state index contributed by atoms with van der Waals surface area (Å²) in [6.45, 7) is 1.97. The maximum Gasteiger partial charge on any atom is 0.246 e. The maximum absolute atomic E-state index is 14.3. The molecule has 1 fully saturated rings. The van der Waals surface area contributed by atoms with Gasteiger partial charge >= 0.3 is 0 Å². The van der Waals surface area contributed by atoms with E-state index in [0.29, 0.717) is 11.5 Å². The number of halogens is 2. The topological polar surface area (TPSA) is 123 Å². The van der Waals surface area contributed by atoms with E-state index in [1.807, 2.05) is 0 Å². The fraction of sp³-hybridized carbons (Fsp3) is 0.316. The van der Waals surface area contributed by atoms with E-state index < -0.39 is 21.8 Å². The van der Waals surface area contributed by atoms with Crippen LogP contribution in [0.15, 0.2) is 41.4 Å². The lowest BCUT2D eigenvalue weighted by Gasteiger charge is -2.30. The molecule has 0 unspecified atom stereocenters. The van der Waals surface area contributed by atoms with Gasteiger partial charge < -0.3 is 5.32 Å². The monoisotopic (exact) mass is 479 g/mol. The number of pyridine rings is 1. The van der Waals surface area contributed by atoms with Crippen molar-refractivity contribution < 1.29 is 17.6 Å². The van der Waals surface area contributed by atoms with Gasteiger partial charge in [0.1, 0.15) is 15.9 Å². The molecule has 0 spiro atoms. The molecule has 1 aliphatic rings. The Morgan fingerprint density at radius 3 is 2.66 bits per heavy atom. The van der Waals surface area contributed by atoms with Crippen molar-refractivity contribution >= 4 is 33.2 Å². The Kier molecular flexibility index (Phi) is 6.17. The highest BCUT2D eigenvalue weighted by Crippen LogP contribution is 2.28. The van der Waals surface area contributed by atoms with Crippen molar-refractivity contribution in [2.24, 2.45) is 5.92 Å². The smallest absolute Gasteiger partial charge is 0.246 e. The van der Waals surface area contributed by atoms with Crippen molar-refractivity contribution in [3.8, 4) is 5.69 Å². The van der Waals surface area contributed by atoms with E-state index in [9.17, 15) is 17.6 Å². The summed E-state index contributed by atoms with van der Waals surface area (Å²) in [5.41, 5.74) is 0.498. The number of hydrogen-bond acceptors (Lipinski definition) is 7. The number of aromatic nitrogens is 5. The van der Waals surface area contributed by atoms with Crippen LogP contribution in [0.5, 0.6) is 0 Å². The van der Waals surface area contributed by atoms with E-state index >= 15 is 0 Å². The van der Waals surface area contributed by atoms with Gasteiger partial charge in [-0.1, -0.05) is 11.6 Å². The predicted molar refractivity (Wildman–Crippen MR) is 113 cm³/mol. The Labute approximate surface area is 188 Å². The quantitative estimate of drug-likeness (QED) is 0.556. The Balaban J connectivity index is 1.43. The van der Waals surface area contributed by atoms with Gasteiger partial charge in [0.05, 0.1) is 11.4 Å². The number of amides is 1. The third-order valence-corrected chi connectivity index (χ3v) is 7.59. The van der Waals surface area contributed by atoms with E-state index in [1.54, 1.807) is 6.92 Å². The first-order chi connectivity index (χ1) is 15.3. The van der Waals surface area contributed by atoms with Crippen molar-refractivity contribution in [2.45, 2.75) is 24.7 Å². The molecule has 10 nitrogen and oxygen atoms in total. The molecule has 13 heteroatoms. The standard InChI is InChI=1S/C19H19ClFN7O3S/c1-12-24-25-26-28(12)14-4-5-15(21)16(11-14)23-19(29)13-6-9-27(10-7-13)32(30,31)17-3-2-8-22-18(17)20/h2-5,8,11,13H,6-7,9-10H2,1H3,(H,23,29). The minimum absolute atomic E-state index is 0.000377. The molecule has 0 bridgehead atoms. The molecular formula is C19H19ClFN7O3S. The molecule has 1 saturated heterocycles. The first kappa shape index (κ1) is 22.2. The molecule has 0 saturated carbocycles. The van der Waals surface area contributed by atoms with Gasteiger partial charge in [0.15, 0.2) is 5.82 Å². The van der Waals surface area contributed by atoms with Gasteiger partial charge in [-0.25, -0.2) is 17.8 Å². The van der Waals surface area contributed by atoms with Crippen LogP contribution in [0.25, 0.3) is 5.69 Å². The summed E-state index contributed by atoms with van der Waals surface area (Å²) in [6, 6.07) is 7.06. The van der Waals surface area contributed by atoms with Gasteiger partial charge in [0.2, 0.25) is 15.9 Å². The predicted octanol–water partition coefficient (Wildman–Crippen LogP) is 2.20. The summed E-state index contributed by atoms with van der Waals surface area (Å²) in [4.78, 5) is 16.5. The number of anilines is 1. The molecule has 2 aromatic heterocycles. The fourth-order valence-corrected chi connectivity index (χ4v) is 5.40. The molecule has 168 valence electrons. The third-order valence-electron chi connectivity index (χ3n) is 5.25. The number of tetrazole rings is 1. The van der Waals surface area contributed by atoms with Gasteiger partial charge in [-0.05, 0) is 60.5 Å². The number of piperidine rings is 1. The highest BCUT2D eigenvalue weighted by Gasteiger charge is 2.33. The van der Waals surface area contributed by atoms with Crippen molar-refractivity contribution in [1.82, 2.24) is 29.5 Å². The van der Waals surface area contributed by atoms with Crippen LogP contribution in [-0.4, -0.2) is 56.9 Å². The second-order valence-electron chi connectivity index (χ2n) is 7.26. The minimum atomic E-state index is -3.82. The number of carbonyl (C=O) groups is 1. The largest absolute Gasteiger partial charge is 0.323 e. The summed E-state index contributed by atoms with van der Waals surface area (Å²) in [6.07, 6.45) is 1.99. The van der Waals surface area contributed by atoms with Crippen LogP contribution in [0.4, 0.5) is 10.1 Å². The third kappa shape index (κ3) is 4.33. The number of nitrogens with zero attached hydrogens (tertiary/aromatic N) is 6. The Hall–Kier alpha value is -2.96. The number of carbonyl (C=O) groups excluding carboxylic acids is 1. The Bertz CT molecular complexity index is 1260. The summed E-state index contributed by atoms with van der Waals surface area (Å²) in [5.74, 6) is -0.940. The molecule has 0 aliphatic carbocycles. The molecular weight excluding hydrogens is 461 g/mol. The lowest BCUT2D eigenvalue weighted by molar-refractivity contribution is -0.120. The van der Waals surface area contributed by atoms with E-state index in [0.717, 1.165) is 0 Å². The SMILES string of the molecule is Cc1nnnn1-c1ccc(F)c(NC(=O)C2CCN(S(=O)(=O)c3cccnc3Cl)CC2)c1. The van der Waals surface area contributed by atoms with Gasteiger partial charge in [0.25, 0.3) is 0 Å².